The third-order valence-corrected chi connectivity index (χ3v) is 5.49. The number of hydrogen-bond acceptors (Lipinski definition) is 4. The van der Waals surface area contributed by atoms with Crippen LogP contribution in [0.2, 0.25) is 0 Å². The van der Waals surface area contributed by atoms with Crippen LogP contribution in [-0.2, 0) is 0 Å². The summed E-state index contributed by atoms with van der Waals surface area (Å²) >= 11 is 2.97. The SMILES string of the molecule is CSc1ccsc1C(=O)NC[C@H](O)c1ccc2ccccc2c1. The molecule has 0 unspecified atom stereocenters. The fourth-order valence-corrected chi connectivity index (χ4v) is 4.09. The Balaban J connectivity index is 1.68. The van der Waals surface area contributed by atoms with Crippen molar-refractivity contribution in [1.82, 2.24) is 5.32 Å². The summed E-state index contributed by atoms with van der Waals surface area (Å²) in [6.45, 7) is 0.197. The number of hydrogen-bond donors (Lipinski definition) is 2. The average molecular weight is 343 g/mol. The number of benzene rings is 2. The van der Waals surface area contributed by atoms with Crippen molar-refractivity contribution in [1.29, 1.82) is 0 Å². The quantitative estimate of drug-likeness (QED) is 0.686. The molecule has 0 radical (unpaired) electrons. The van der Waals surface area contributed by atoms with Gasteiger partial charge in [0.25, 0.3) is 5.91 Å². The van der Waals surface area contributed by atoms with Crippen LogP contribution in [0.25, 0.3) is 10.8 Å². The number of thiophene rings is 1. The van der Waals surface area contributed by atoms with Gasteiger partial charge in [-0.3, -0.25) is 4.79 Å². The van der Waals surface area contributed by atoms with Crippen molar-refractivity contribution in [2.75, 3.05) is 12.8 Å². The van der Waals surface area contributed by atoms with Crippen molar-refractivity contribution in [2.45, 2.75) is 11.0 Å². The molecule has 1 heterocycles. The topological polar surface area (TPSA) is 49.3 Å². The Hall–Kier alpha value is -1.82. The Bertz CT molecular complexity index is 829. The summed E-state index contributed by atoms with van der Waals surface area (Å²) in [7, 11) is 0. The number of carbonyl (C=O) groups excluding carboxylic acids is 1. The highest BCUT2D eigenvalue weighted by molar-refractivity contribution is 7.98. The van der Waals surface area contributed by atoms with Crippen molar-refractivity contribution in [3.8, 4) is 0 Å². The molecule has 23 heavy (non-hydrogen) atoms. The van der Waals surface area contributed by atoms with Crippen LogP contribution in [0.5, 0.6) is 0 Å². The summed E-state index contributed by atoms with van der Waals surface area (Å²) in [5.74, 6) is -0.135. The predicted octanol–water partition coefficient (Wildman–Crippen LogP) is 4.09. The van der Waals surface area contributed by atoms with Gasteiger partial charge in [-0.05, 0) is 40.1 Å². The van der Waals surface area contributed by atoms with Gasteiger partial charge in [0.1, 0.15) is 4.88 Å². The van der Waals surface area contributed by atoms with E-state index in [1.54, 1.807) is 11.8 Å². The molecule has 0 aliphatic carbocycles. The van der Waals surface area contributed by atoms with E-state index in [0.717, 1.165) is 21.2 Å². The first-order valence-electron chi connectivity index (χ1n) is 7.25. The van der Waals surface area contributed by atoms with Crippen molar-refractivity contribution in [2.24, 2.45) is 0 Å². The van der Waals surface area contributed by atoms with Crippen LogP contribution in [0.3, 0.4) is 0 Å². The molecule has 3 nitrogen and oxygen atoms in total. The van der Waals surface area contributed by atoms with Crippen LogP contribution >= 0.6 is 23.1 Å². The number of rotatable bonds is 5. The number of carbonyl (C=O) groups is 1. The van der Waals surface area contributed by atoms with Gasteiger partial charge in [-0.2, -0.15) is 0 Å². The van der Waals surface area contributed by atoms with E-state index in [1.807, 2.05) is 60.2 Å². The highest BCUT2D eigenvalue weighted by Gasteiger charge is 2.15. The molecule has 1 aromatic heterocycles. The summed E-state index contributed by atoms with van der Waals surface area (Å²) in [5, 5.41) is 17.3. The van der Waals surface area contributed by atoms with Crippen LogP contribution in [0, 0.1) is 0 Å². The summed E-state index contributed by atoms with van der Waals surface area (Å²) in [6.07, 6.45) is 1.23. The summed E-state index contributed by atoms with van der Waals surface area (Å²) in [5.41, 5.74) is 0.806. The number of amides is 1. The first-order chi connectivity index (χ1) is 11.2. The van der Waals surface area contributed by atoms with Crippen LogP contribution in [0.1, 0.15) is 21.3 Å². The molecule has 0 saturated carbocycles. The summed E-state index contributed by atoms with van der Waals surface area (Å²) < 4.78 is 0. The van der Waals surface area contributed by atoms with E-state index in [9.17, 15) is 9.90 Å². The molecule has 0 saturated heterocycles. The molecule has 0 aliphatic rings. The van der Waals surface area contributed by atoms with E-state index < -0.39 is 6.10 Å². The molecular formula is C18H17NO2S2. The molecule has 0 bridgehead atoms. The standard InChI is InChI=1S/C18H17NO2S2/c1-22-16-8-9-23-17(16)18(21)19-11-15(20)14-7-6-12-4-2-3-5-13(12)10-14/h2-10,15,20H,11H2,1H3,(H,19,21)/t15-/m0/s1. The Labute approximate surface area is 143 Å². The van der Waals surface area contributed by atoms with Gasteiger partial charge in [-0.1, -0.05) is 36.4 Å². The molecular weight excluding hydrogens is 326 g/mol. The van der Waals surface area contributed by atoms with E-state index >= 15 is 0 Å². The Kier molecular flexibility index (Phi) is 5.00. The molecule has 1 atom stereocenters. The lowest BCUT2D eigenvalue weighted by atomic mass is 10.0. The van der Waals surface area contributed by atoms with E-state index in [0.29, 0.717) is 4.88 Å². The largest absolute Gasteiger partial charge is 0.387 e. The summed E-state index contributed by atoms with van der Waals surface area (Å²) in [4.78, 5) is 13.9. The molecule has 0 aliphatic heterocycles. The summed E-state index contributed by atoms with van der Waals surface area (Å²) in [6, 6.07) is 15.8. The maximum atomic E-state index is 12.2. The second-order valence-electron chi connectivity index (χ2n) is 5.15. The number of thioether (sulfide) groups is 1. The lowest BCUT2D eigenvalue weighted by Gasteiger charge is -2.13. The van der Waals surface area contributed by atoms with Gasteiger partial charge >= 0.3 is 0 Å². The zero-order valence-corrected chi connectivity index (χ0v) is 14.3. The van der Waals surface area contributed by atoms with Gasteiger partial charge < -0.3 is 10.4 Å². The lowest BCUT2D eigenvalue weighted by Crippen LogP contribution is -2.28. The Morgan fingerprint density at radius 2 is 2.00 bits per heavy atom. The number of aliphatic hydroxyl groups excluding tert-OH is 1. The third-order valence-electron chi connectivity index (χ3n) is 3.67. The first-order valence-corrected chi connectivity index (χ1v) is 9.36. The molecule has 118 valence electrons. The van der Waals surface area contributed by atoms with Crippen molar-refractivity contribution >= 4 is 39.8 Å². The molecule has 1 amide bonds. The Morgan fingerprint density at radius 3 is 2.78 bits per heavy atom. The fourth-order valence-electron chi connectivity index (χ4n) is 2.43. The molecule has 5 heteroatoms. The van der Waals surface area contributed by atoms with Crippen molar-refractivity contribution in [3.63, 3.8) is 0 Å². The molecule has 0 fully saturated rings. The molecule has 2 aromatic carbocycles. The van der Waals surface area contributed by atoms with Gasteiger partial charge in [-0.15, -0.1) is 23.1 Å². The minimum Gasteiger partial charge on any atom is -0.387 e. The second-order valence-corrected chi connectivity index (χ2v) is 6.91. The first kappa shape index (κ1) is 16.1. The van der Waals surface area contributed by atoms with E-state index in [4.69, 9.17) is 0 Å². The van der Waals surface area contributed by atoms with Gasteiger partial charge in [0, 0.05) is 11.4 Å². The molecule has 2 N–H and O–H groups in total. The lowest BCUT2D eigenvalue weighted by molar-refractivity contribution is 0.0918. The average Bonchev–Trinajstić information content (AvgIpc) is 3.07. The van der Waals surface area contributed by atoms with Crippen molar-refractivity contribution in [3.05, 3.63) is 64.4 Å². The normalized spacial score (nSPS) is 12.3. The van der Waals surface area contributed by atoms with Crippen LogP contribution in [0.15, 0.2) is 58.8 Å². The van der Waals surface area contributed by atoms with Gasteiger partial charge in [0.15, 0.2) is 0 Å². The van der Waals surface area contributed by atoms with Crippen LogP contribution in [0.4, 0.5) is 0 Å². The zero-order chi connectivity index (χ0) is 16.2. The van der Waals surface area contributed by atoms with E-state index in [1.165, 1.54) is 11.3 Å². The van der Waals surface area contributed by atoms with Crippen LogP contribution in [-0.4, -0.2) is 23.8 Å². The van der Waals surface area contributed by atoms with Gasteiger partial charge in [-0.25, -0.2) is 0 Å². The second kappa shape index (κ2) is 7.17. The maximum absolute atomic E-state index is 12.2. The minimum absolute atomic E-state index is 0.135. The third kappa shape index (κ3) is 3.58. The maximum Gasteiger partial charge on any atom is 0.262 e. The van der Waals surface area contributed by atoms with Crippen LogP contribution < -0.4 is 5.32 Å². The predicted molar refractivity (Wildman–Crippen MR) is 97.3 cm³/mol. The fraction of sp³-hybridized carbons (Fsp3) is 0.167. The van der Waals surface area contributed by atoms with Gasteiger partial charge in [0.2, 0.25) is 0 Å². The molecule has 3 aromatic rings. The van der Waals surface area contributed by atoms with E-state index in [-0.39, 0.29) is 12.5 Å². The number of fused-ring (bicyclic) bond motifs is 1. The Morgan fingerprint density at radius 1 is 1.22 bits per heavy atom. The number of aliphatic hydroxyl groups is 1. The van der Waals surface area contributed by atoms with Crippen molar-refractivity contribution < 1.29 is 9.90 Å². The molecule has 0 spiro atoms. The zero-order valence-electron chi connectivity index (χ0n) is 12.7. The minimum atomic E-state index is -0.721. The smallest absolute Gasteiger partial charge is 0.262 e. The highest BCUT2D eigenvalue weighted by atomic mass is 32.2. The monoisotopic (exact) mass is 343 g/mol. The van der Waals surface area contributed by atoms with Gasteiger partial charge in [0.05, 0.1) is 6.10 Å². The number of nitrogens with one attached hydrogen (secondary N) is 1. The highest BCUT2D eigenvalue weighted by Crippen LogP contribution is 2.25. The van der Waals surface area contributed by atoms with E-state index in [2.05, 4.69) is 5.32 Å². The molecule has 3 rings (SSSR count).